The zero-order valence-electron chi connectivity index (χ0n) is 16.0. The Bertz CT molecular complexity index is 679. The summed E-state index contributed by atoms with van der Waals surface area (Å²) in [4.78, 5) is 28.6. The number of aliphatic carboxylic acids is 1. The van der Waals surface area contributed by atoms with E-state index in [2.05, 4.69) is 0 Å². The fourth-order valence-electron chi connectivity index (χ4n) is 4.21. The maximum Gasteiger partial charge on any atom is 0.325 e. The highest BCUT2D eigenvalue weighted by atomic mass is 16.5. The molecule has 27 heavy (non-hydrogen) atoms. The summed E-state index contributed by atoms with van der Waals surface area (Å²) in [6.07, 6.45) is 3.54. The number of para-hydroxylation sites is 1. The van der Waals surface area contributed by atoms with Crippen LogP contribution in [-0.4, -0.2) is 67.2 Å². The largest absolute Gasteiger partial charge is 0.493 e. The zero-order chi connectivity index (χ0) is 19.4. The maximum absolute atomic E-state index is 12.6. The van der Waals surface area contributed by atoms with Crippen LogP contribution in [0.3, 0.4) is 0 Å². The van der Waals surface area contributed by atoms with E-state index in [4.69, 9.17) is 9.47 Å². The number of ether oxygens (including phenoxy) is 2. The third-order valence-electron chi connectivity index (χ3n) is 5.62. The van der Waals surface area contributed by atoms with E-state index in [1.54, 1.807) is 18.2 Å². The van der Waals surface area contributed by atoms with Gasteiger partial charge in [0.15, 0.2) is 11.5 Å². The summed E-state index contributed by atoms with van der Waals surface area (Å²) in [5.41, 5.74) is 0.577. The van der Waals surface area contributed by atoms with Crippen molar-refractivity contribution in [3.63, 3.8) is 0 Å². The van der Waals surface area contributed by atoms with Crippen molar-refractivity contribution in [2.24, 2.45) is 5.92 Å². The molecule has 0 spiro atoms. The SMILES string of the molecule is COc1cccc([C@@H](C(=O)O)N2CCC(C(=O)N3CCCC3)CC2)c1OC. The molecule has 0 radical (unpaired) electrons. The smallest absolute Gasteiger partial charge is 0.325 e. The van der Waals surface area contributed by atoms with E-state index in [9.17, 15) is 14.7 Å². The van der Waals surface area contributed by atoms with Gasteiger partial charge in [-0.05, 0) is 31.7 Å². The van der Waals surface area contributed by atoms with Gasteiger partial charge < -0.3 is 19.5 Å². The van der Waals surface area contributed by atoms with Crippen LogP contribution in [0.2, 0.25) is 0 Å². The lowest BCUT2D eigenvalue weighted by molar-refractivity contribution is -0.145. The Kier molecular flexibility index (Phi) is 6.21. The molecule has 148 valence electrons. The Hall–Kier alpha value is -2.28. The van der Waals surface area contributed by atoms with Gasteiger partial charge in [-0.1, -0.05) is 12.1 Å². The second-order valence-electron chi connectivity index (χ2n) is 7.17. The minimum Gasteiger partial charge on any atom is -0.493 e. The average molecular weight is 376 g/mol. The second-order valence-corrected chi connectivity index (χ2v) is 7.17. The molecule has 0 unspecified atom stereocenters. The number of carbonyl (C=O) groups excluding carboxylic acids is 1. The standard InChI is InChI=1S/C20H28N2O5/c1-26-16-7-5-6-15(18(16)27-2)17(20(24)25)21-12-8-14(9-13-21)19(23)22-10-3-4-11-22/h5-7,14,17H,3-4,8-13H2,1-2H3,(H,24,25)/t17-/m0/s1. The number of amides is 1. The molecule has 1 aromatic carbocycles. The number of hydrogen-bond donors (Lipinski definition) is 1. The zero-order valence-corrected chi connectivity index (χ0v) is 16.0. The molecular formula is C20H28N2O5. The molecule has 3 rings (SSSR count). The summed E-state index contributed by atoms with van der Waals surface area (Å²) >= 11 is 0. The normalized spacial score (nSPS) is 19.7. The van der Waals surface area contributed by atoms with Crippen molar-refractivity contribution in [1.82, 2.24) is 9.80 Å². The van der Waals surface area contributed by atoms with Gasteiger partial charge in [0.25, 0.3) is 0 Å². The molecular weight excluding hydrogens is 348 g/mol. The molecule has 2 fully saturated rings. The van der Waals surface area contributed by atoms with Crippen molar-refractivity contribution >= 4 is 11.9 Å². The summed E-state index contributed by atoms with van der Waals surface area (Å²) in [5.74, 6) is 0.271. The first-order chi connectivity index (χ1) is 13.1. The lowest BCUT2D eigenvalue weighted by atomic mass is 9.92. The lowest BCUT2D eigenvalue weighted by Crippen LogP contribution is -2.44. The number of hydrogen-bond acceptors (Lipinski definition) is 5. The van der Waals surface area contributed by atoms with Crippen molar-refractivity contribution in [2.45, 2.75) is 31.7 Å². The first kappa shape index (κ1) is 19.5. The van der Waals surface area contributed by atoms with Crippen LogP contribution in [0.4, 0.5) is 0 Å². The Balaban J connectivity index is 1.74. The second kappa shape index (κ2) is 8.61. The van der Waals surface area contributed by atoms with Crippen molar-refractivity contribution in [1.29, 1.82) is 0 Å². The van der Waals surface area contributed by atoms with Gasteiger partial charge in [0.05, 0.1) is 14.2 Å². The van der Waals surface area contributed by atoms with Gasteiger partial charge in [-0.2, -0.15) is 0 Å². The van der Waals surface area contributed by atoms with Crippen LogP contribution < -0.4 is 9.47 Å². The number of carbonyl (C=O) groups is 2. The molecule has 2 heterocycles. The Morgan fingerprint density at radius 3 is 2.30 bits per heavy atom. The minimum atomic E-state index is -0.925. The highest BCUT2D eigenvalue weighted by molar-refractivity contribution is 5.80. The summed E-state index contributed by atoms with van der Waals surface area (Å²) in [5, 5.41) is 9.90. The number of piperidine rings is 1. The van der Waals surface area contributed by atoms with Gasteiger partial charge >= 0.3 is 5.97 Å². The summed E-state index contributed by atoms with van der Waals surface area (Å²) in [7, 11) is 3.05. The van der Waals surface area contributed by atoms with Crippen LogP contribution in [0, 0.1) is 5.92 Å². The molecule has 1 amide bonds. The Morgan fingerprint density at radius 2 is 1.74 bits per heavy atom. The van der Waals surface area contributed by atoms with Crippen LogP contribution in [-0.2, 0) is 9.59 Å². The third-order valence-corrected chi connectivity index (χ3v) is 5.62. The number of carboxylic acids is 1. The van der Waals surface area contributed by atoms with E-state index in [0.29, 0.717) is 43.0 Å². The van der Waals surface area contributed by atoms with E-state index < -0.39 is 12.0 Å². The van der Waals surface area contributed by atoms with Gasteiger partial charge in [-0.3, -0.25) is 14.5 Å². The Labute approximate surface area is 159 Å². The molecule has 1 aromatic rings. The third kappa shape index (κ3) is 4.03. The highest BCUT2D eigenvalue weighted by Gasteiger charge is 2.36. The van der Waals surface area contributed by atoms with Gasteiger partial charge in [0, 0.05) is 37.7 Å². The van der Waals surface area contributed by atoms with Crippen LogP contribution in [0.25, 0.3) is 0 Å². The fourth-order valence-corrected chi connectivity index (χ4v) is 4.21. The minimum absolute atomic E-state index is 0.000926. The van der Waals surface area contributed by atoms with Crippen molar-refractivity contribution in [2.75, 3.05) is 40.4 Å². The van der Waals surface area contributed by atoms with Crippen molar-refractivity contribution < 1.29 is 24.2 Å². The lowest BCUT2D eigenvalue weighted by Gasteiger charge is -2.36. The number of carboxylic acid groups (broad SMARTS) is 1. The number of nitrogens with zero attached hydrogens (tertiary/aromatic N) is 2. The maximum atomic E-state index is 12.6. The molecule has 7 nitrogen and oxygen atoms in total. The van der Waals surface area contributed by atoms with Crippen molar-refractivity contribution in [3.05, 3.63) is 23.8 Å². The Morgan fingerprint density at radius 1 is 1.07 bits per heavy atom. The van der Waals surface area contributed by atoms with Crippen LogP contribution >= 0.6 is 0 Å². The molecule has 1 atom stereocenters. The number of likely N-dealkylation sites (tertiary alicyclic amines) is 2. The molecule has 2 aliphatic rings. The molecule has 0 aromatic heterocycles. The molecule has 0 aliphatic carbocycles. The van der Waals surface area contributed by atoms with Crippen LogP contribution in [0.1, 0.15) is 37.3 Å². The van der Waals surface area contributed by atoms with E-state index in [0.717, 1.165) is 25.9 Å². The first-order valence-corrected chi connectivity index (χ1v) is 9.53. The van der Waals surface area contributed by atoms with E-state index in [1.807, 2.05) is 9.80 Å². The van der Waals surface area contributed by atoms with Crippen LogP contribution in [0.5, 0.6) is 11.5 Å². The molecule has 1 N–H and O–H groups in total. The summed E-state index contributed by atoms with van der Waals surface area (Å²) < 4.78 is 10.8. The number of benzene rings is 1. The predicted molar refractivity (Wildman–Crippen MR) is 100 cm³/mol. The number of rotatable bonds is 6. The molecule has 7 heteroatoms. The predicted octanol–water partition coefficient (Wildman–Crippen LogP) is 2.16. The van der Waals surface area contributed by atoms with E-state index in [1.165, 1.54) is 14.2 Å². The monoisotopic (exact) mass is 376 g/mol. The van der Waals surface area contributed by atoms with Crippen molar-refractivity contribution in [3.8, 4) is 11.5 Å². The fraction of sp³-hybridized carbons (Fsp3) is 0.600. The van der Waals surface area contributed by atoms with Gasteiger partial charge in [-0.25, -0.2) is 0 Å². The average Bonchev–Trinajstić information content (AvgIpc) is 3.22. The quantitative estimate of drug-likeness (QED) is 0.820. The first-order valence-electron chi connectivity index (χ1n) is 9.53. The molecule has 0 saturated carbocycles. The molecule has 0 bridgehead atoms. The highest BCUT2D eigenvalue weighted by Crippen LogP contribution is 2.38. The topological polar surface area (TPSA) is 79.3 Å². The van der Waals surface area contributed by atoms with E-state index in [-0.39, 0.29) is 11.8 Å². The van der Waals surface area contributed by atoms with Crippen LogP contribution in [0.15, 0.2) is 18.2 Å². The number of methoxy groups -OCH3 is 2. The van der Waals surface area contributed by atoms with Gasteiger partial charge in [-0.15, -0.1) is 0 Å². The summed E-state index contributed by atoms with van der Waals surface area (Å²) in [6.45, 7) is 2.86. The summed E-state index contributed by atoms with van der Waals surface area (Å²) in [6, 6.07) is 4.47. The van der Waals surface area contributed by atoms with Gasteiger partial charge in [0.2, 0.25) is 5.91 Å². The molecule has 2 saturated heterocycles. The van der Waals surface area contributed by atoms with Gasteiger partial charge in [0.1, 0.15) is 6.04 Å². The molecule has 2 aliphatic heterocycles. The van der Waals surface area contributed by atoms with E-state index >= 15 is 0 Å².